The number of aryl methyl sites for hydroxylation is 1. The molecule has 0 saturated heterocycles. The second kappa shape index (κ2) is 7.01. The van der Waals surface area contributed by atoms with Gasteiger partial charge in [-0.1, -0.05) is 11.6 Å². The number of pyridine rings is 1. The number of benzene rings is 2. The molecule has 4 nitrogen and oxygen atoms in total. The van der Waals surface area contributed by atoms with Gasteiger partial charge >= 0.3 is 0 Å². The lowest BCUT2D eigenvalue weighted by Gasteiger charge is -2.10. The first-order valence-electron chi connectivity index (χ1n) is 7.47. The van der Waals surface area contributed by atoms with Gasteiger partial charge in [-0.2, -0.15) is 0 Å². The van der Waals surface area contributed by atoms with E-state index in [1.807, 2.05) is 0 Å². The van der Waals surface area contributed by atoms with Gasteiger partial charge in [0.2, 0.25) is 0 Å². The zero-order valence-corrected chi connectivity index (χ0v) is 15.1. The van der Waals surface area contributed by atoms with Crippen molar-refractivity contribution in [3.8, 4) is 11.1 Å². The summed E-state index contributed by atoms with van der Waals surface area (Å²) < 4.78 is 54.1. The summed E-state index contributed by atoms with van der Waals surface area (Å²) in [5.74, 6) is -1.33. The Morgan fingerprint density at radius 3 is 2.42 bits per heavy atom. The maximum absolute atomic E-state index is 13.8. The van der Waals surface area contributed by atoms with Crippen molar-refractivity contribution in [1.82, 2.24) is 4.98 Å². The lowest BCUT2D eigenvalue weighted by atomic mass is 10.1. The monoisotopic (exact) mass is 394 g/mol. The molecule has 3 aromatic rings. The van der Waals surface area contributed by atoms with Gasteiger partial charge in [0.25, 0.3) is 10.0 Å². The van der Waals surface area contributed by atoms with Crippen LogP contribution in [0.25, 0.3) is 11.1 Å². The van der Waals surface area contributed by atoms with Gasteiger partial charge in [0.1, 0.15) is 17.5 Å². The molecule has 2 aromatic carbocycles. The van der Waals surface area contributed by atoms with E-state index in [1.54, 1.807) is 13.0 Å². The number of sulfonamides is 1. The van der Waals surface area contributed by atoms with Crippen LogP contribution in [-0.2, 0) is 10.0 Å². The second-order valence-corrected chi connectivity index (χ2v) is 7.66. The van der Waals surface area contributed by atoms with E-state index < -0.39 is 21.7 Å². The quantitative estimate of drug-likeness (QED) is 0.692. The van der Waals surface area contributed by atoms with Crippen molar-refractivity contribution in [3.05, 3.63) is 76.9 Å². The number of aromatic nitrogens is 1. The lowest BCUT2D eigenvalue weighted by molar-refractivity contribution is 0.585. The summed E-state index contributed by atoms with van der Waals surface area (Å²) in [6.07, 6.45) is 1.31. The Balaban J connectivity index is 1.87. The topological polar surface area (TPSA) is 59.1 Å². The van der Waals surface area contributed by atoms with Crippen molar-refractivity contribution in [2.45, 2.75) is 11.8 Å². The second-order valence-electron chi connectivity index (χ2n) is 5.57. The van der Waals surface area contributed by atoms with Crippen molar-refractivity contribution < 1.29 is 17.2 Å². The predicted molar refractivity (Wildman–Crippen MR) is 96.6 cm³/mol. The number of hydrogen-bond acceptors (Lipinski definition) is 3. The number of rotatable bonds is 4. The molecule has 0 spiro atoms. The van der Waals surface area contributed by atoms with Gasteiger partial charge in [0.05, 0.1) is 4.90 Å². The van der Waals surface area contributed by atoms with Crippen molar-refractivity contribution in [2.75, 3.05) is 4.72 Å². The Kier molecular flexibility index (Phi) is 4.93. The van der Waals surface area contributed by atoms with Gasteiger partial charge in [-0.3, -0.25) is 4.72 Å². The van der Waals surface area contributed by atoms with Crippen LogP contribution in [0, 0.1) is 18.6 Å². The van der Waals surface area contributed by atoms with Gasteiger partial charge in [0.15, 0.2) is 0 Å². The molecular formula is C18H13ClF2N2O2S. The summed E-state index contributed by atoms with van der Waals surface area (Å²) in [7, 11) is -3.85. The molecular weight excluding hydrogens is 382 g/mol. The first-order valence-corrected chi connectivity index (χ1v) is 9.33. The number of halogens is 3. The van der Waals surface area contributed by atoms with Gasteiger partial charge in [0, 0.05) is 28.4 Å². The smallest absolute Gasteiger partial charge is 0.263 e. The number of nitrogens with one attached hydrogen (secondary N) is 1. The van der Waals surface area contributed by atoms with Crippen LogP contribution in [0.2, 0.25) is 5.02 Å². The van der Waals surface area contributed by atoms with E-state index >= 15 is 0 Å². The summed E-state index contributed by atoms with van der Waals surface area (Å²) in [6.45, 7) is 1.63. The zero-order valence-electron chi connectivity index (χ0n) is 13.5. The highest BCUT2D eigenvalue weighted by molar-refractivity contribution is 7.92. The van der Waals surface area contributed by atoms with Crippen LogP contribution >= 0.6 is 11.6 Å². The van der Waals surface area contributed by atoms with Gasteiger partial charge < -0.3 is 0 Å². The van der Waals surface area contributed by atoms with Crippen LogP contribution in [0.1, 0.15) is 5.56 Å². The van der Waals surface area contributed by atoms with Gasteiger partial charge in [-0.05, 0) is 55.0 Å². The standard InChI is InChI=1S/C18H13ClF2N2O2S/c1-11-8-13(19)3-6-17(11)26(24,25)23-18-7-2-12(10-22-18)15-5-4-14(20)9-16(15)21/h2-10H,1H3,(H,22,23). The highest BCUT2D eigenvalue weighted by Crippen LogP contribution is 2.25. The van der Waals surface area contributed by atoms with E-state index in [4.69, 9.17) is 11.6 Å². The summed E-state index contributed by atoms with van der Waals surface area (Å²) in [4.78, 5) is 4.08. The van der Waals surface area contributed by atoms with Crippen molar-refractivity contribution in [3.63, 3.8) is 0 Å². The van der Waals surface area contributed by atoms with E-state index in [0.29, 0.717) is 16.1 Å². The zero-order chi connectivity index (χ0) is 18.9. The highest BCUT2D eigenvalue weighted by atomic mass is 35.5. The van der Waals surface area contributed by atoms with E-state index in [9.17, 15) is 17.2 Å². The first kappa shape index (κ1) is 18.3. The minimum atomic E-state index is -3.85. The molecule has 134 valence electrons. The van der Waals surface area contributed by atoms with Crippen LogP contribution < -0.4 is 4.72 Å². The maximum Gasteiger partial charge on any atom is 0.263 e. The Morgan fingerprint density at radius 2 is 1.81 bits per heavy atom. The minimum Gasteiger partial charge on any atom is -0.263 e. The third-order valence-corrected chi connectivity index (χ3v) is 5.42. The molecule has 1 aromatic heterocycles. The van der Waals surface area contributed by atoms with Crippen LogP contribution in [0.5, 0.6) is 0 Å². The molecule has 8 heteroatoms. The number of anilines is 1. The molecule has 0 bridgehead atoms. The molecule has 0 radical (unpaired) electrons. The normalized spacial score (nSPS) is 11.4. The average Bonchev–Trinajstić information content (AvgIpc) is 2.55. The van der Waals surface area contributed by atoms with Crippen molar-refractivity contribution in [1.29, 1.82) is 0 Å². The van der Waals surface area contributed by atoms with Crippen molar-refractivity contribution in [2.24, 2.45) is 0 Å². The fourth-order valence-electron chi connectivity index (χ4n) is 2.44. The predicted octanol–water partition coefficient (Wildman–Crippen LogP) is 4.79. The van der Waals surface area contributed by atoms with Crippen molar-refractivity contribution >= 4 is 27.4 Å². The maximum atomic E-state index is 13.8. The Hall–Kier alpha value is -2.51. The molecule has 0 saturated carbocycles. The molecule has 3 rings (SSSR count). The van der Waals surface area contributed by atoms with E-state index in [0.717, 1.165) is 12.1 Å². The molecule has 0 amide bonds. The number of hydrogen-bond donors (Lipinski definition) is 1. The molecule has 26 heavy (non-hydrogen) atoms. The lowest BCUT2D eigenvalue weighted by Crippen LogP contribution is -2.15. The Morgan fingerprint density at radius 1 is 1.04 bits per heavy atom. The van der Waals surface area contributed by atoms with Gasteiger partial charge in [-0.15, -0.1) is 0 Å². The molecule has 0 atom stereocenters. The molecule has 0 aliphatic heterocycles. The van der Waals surface area contributed by atoms with Crippen LogP contribution in [-0.4, -0.2) is 13.4 Å². The molecule has 0 aliphatic carbocycles. The molecule has 0 fully saturated rings. The summed E-state index contributed by atoms with van der Waals surface area (Å²) in [5.41, 5.74) is 1.06. The number of nitrogens with zero attached hydrogens (tertiary/aromatic N) is 1. The Labute approximate surface area is 154 Å². The third-order valence-electron chi connectivity index (χ3n) is 3.67. The molecule has 1 N–H and O–H groups in total. The van der Waals surface area contributed by atoms with Gasteiger partial charge in [-0.25, -0.2) is 22.2 Å². The van der Waals surface area contributed by atoms with E-state index in [1.165, 1.54) is 36.5 Å². The fourth-order valence-corrected chi connectivity index (χ4v) is 3.91. The molecule has 0 aliphatic rings. The molecule has 1 heterocycles. The minimum absolute atomic E-state index is 0.0746. The average molecular weight is 395 g/mol. The SMILES string of the molecule is Cc1cc(Cl)ccc1S(=O)(=O)Nc1ccc(-c2ccc(F)cc2F)cn1. The first-order chi connectivity index (χ1) is 12.3. The largest absolute Gasteiger partial charge is 0.263 e. The summed E-state index contributed by atoms with van der Waals surface area (Å²) >= 11 is 5.84. The fraction of sp³-hybridized carbons (Fsp3) is 0.0556. The molecule has 0 unspecified atom stereocenters. The Bertz CT molecular complexity index is 1070. The van der Waals surface area contributed by atoms with Crippen LogP contribution in [0.4, 0.5) is 14.6 Å². The van der Waals surface area contributed by atoms with E-state index in [2.05, 4.69) is 9.71 Å². The summed E-state index contributed by atoms with van der Waals surface area (Å²) in [6, 6.07) is 10.5. The summed E-state index contributed by atoms with van der Waals surface area (Å²) in [5, 5.41) is 0.435. The van der Waals surface area contributed by atoms with E-state index in [-0.39, 0.29) is 16.3 Å². The highest BCUT2D eigenvalue weighted by Gasteiger charge is 2.18. The van der Waals surface area contributed by atoms with Crippen LogP contribution in [0.3, 0.4) is 0 Å². The van der Waals surface area contributed by atoms with Crippen LogP contribution in [0.15, 0.2) is 59.6 Å². The third kappa shape index (κ3) is 3.84.